The first kappa shape index (κ1) is 22.9. The van der Waals surface area contributed by atoms with Crippen LogP contribution in [0.3, 0.4) is 0 Å². The first-order chi connectivity index (χ1) is 14.7. The summed E-state index contributed by atoms with van der Waals surface area (Å²) in [5.74, 6) is -3.58. The number of carbonyl (C=O) groups is 2. The molecule has 1 atom stereocenters. The minimum Gasteiger partial charge on any atom is -0.478 e. The molecule has 1 unspecified atom stereocenters. The molecule has 1 fully saturated rings. The molecule has 2 aromatic rings. The summed E-state index contributed by atoms with van der Waals surface area (Å²) in [4.78, 5) is 31.2. The smallest absolute Gasteiger partial charge is 0.336 e. The van der Waals surface area contributed by atoms with E-state index in [1.807, 2.05) is 4.90 Å². The molecule has 0 radical (unpaired) electrons. The second-order valence-corrected chi connectivity index (χ2v) is 8.22. The number of hydrogen-bond acceptors (Lipinski definition) is 6. The minimum atomic E-state index is -1.89. The van der Waals surface area contributed by atoms with Crippen LogP contribution in [0.2, 0.25) is 0 Å². The van der Waals surface area contributed by atoms with E-state index in [1.165, 1.54) is 31.3 Å². The molecule has 3 rings (SSSR count). The van der Waals surface area contributed by atoms with E-state index in [-0.39, 0.29) is 28.1 Å². The number of halogens is 1. The number of aromatic nitrogens is 1. The molecule has 1 aromatic heterocycles. The number of hydrogen-bond donors (Lipinski definition) is 3. The van der Waals surface area contributed by atoms with Gasteiger partial charge in [0.2, 0.25) is 5.95 Å². The van der Waals surface area contributed by atoms with E-state index in [4.69, 9.17) is 4.55 Å². The normalized spacial score (nSPS) is 16.2. The van der Waals surface area contributed by atoms with Gasteiger partial charge in [-0.2, -0.15) is 4.39 Å². The van der Waals surface area contributed by atoms with Gasteiger partial charge >= 0.3 is 11.9 Å². The summed E-state index contributed by atoms with van der Waals surface area (Å²) >= 11 is -1.89. The Bertz CT molecular complexity index is 1040. The van der Waals surface area contributed by atoms with E-state index < -0.39 is 29.0 Å². The Morgan fingerprint density at radius 1 is 1.13 bits per heavy atom. The fourth-order valence-electron chi connectivity index (χ4n) is 3.68. The van der Waals surface area contributed by atoms with Crippen molar-refractivity contribution in [3.63, 3.8) is 0 Å². The van der Waals surface area contributed by atoms with Crippen molar-refractivity contribution >= 4 is 23.0 Å². The average molecular weight is 451 g/mol. The van der Waals surface area contributed by atoms with Crippen LogP contribution in [0.5, 0.6) is 0 Å². The zero-order valence-corrected chi connectivity index (χ0v) is 17.6. The van der Waals surface area contributed by atoms with Crippen LogP contribution < -0.4 is 0 Å². The zero-order valence-electron chi connectivity index (χ0n) is 16.7. The van der Waals surface area contributed by atoms with Crippen LogP contribution in [0, 0.1) is 12.9 Å². The highest BCUT2D eigenvalue weighted by molar-refractivity contribution is 7.79. The molecule has 1 aliphatic rings. The number of nitrogens with zero attached hydrogens (tertiary/aromatic N) is 3. The number of piperazine rings is 1. The van der Waals surface area contributed by atoms with Gasteiger partial charge in [0.15, 0.2) is 11.1 Å². The summed E-state index contributed by atoms with van der Waals surface area (Å²) in [5, 5.41) is 19.2. The van der Waals surface area contributed by atoms with Crippen LogP contribution in [-0.4, -0.2) is 77.8 Å². The molecule has 0 spiro atoms. The summed E-state index contributed by atoms with van der Waals surface area (Å²) in [6.07, 6.45) is 1.34. The third-order valence-electron chi connectivity index (χ3n) is 5.19. The predicted octanol–water partition coefficient (Wildman–Crippen LogP) is 1.89. The Balaban J connectivity index is 1.93. The van der Waals surface area contributed by atoms with Gasteiger partial charge in [0, 0.05) is 50.0 Å². The molecule has 0 amide bonds. The Labute approximate surface area is 180 Å². The predicted molar refractivity (Wildman–Crippen MR) is 111 cm³/mol. The molecule has 1 aliphatic heterocycles. The third kappa shape index (κ3) is 5.31. The number of aryl methyl sites for hydroxylation is 1. The van der Waals surface area contributed by atoms with Crippen LogP contribution >= 0.6 is 0 Å². The Hall–Kier alpha value is -2.73. The van der Waals surface area contributed by atoms with E-state index >= 15 is 0 Å². The molecule has 31 heavy (non-hydrogen) atoms. The van der Waals surface area contributed by atoms with E-state index in [2.05, 4.69) is 9.88 Å². The Morgan fingerprint density at radius 2 is 1.77 bits per heavy atom. The van der Waals surface area contributed by atoms with Crippen LogP contribution in [0.1, 0.15) is 31.8 Å². The van der Waals surface area contributed by atoms with Crippen molar-refractivity contribution in [1.29, 1.82) is 0 Å². The Morgan fingerprint density at radius 3 is 2.35 bits per heavy atom. The molecule has 3 N–H and O–H groups in total. The third-order valence-corrected chi connectivity index (χ3v) is 5.77. The topological polar surface area (TPSA) is 131 Å². The maximum atomic E-state index is 14.7. The lowest BCUT2D eigenvalue weighted by molar-refractivity contribution is 0.0695. The first-order valence-electron chi connectivity index (χ1n) is 9.44. The van der Waals surface area contributed by atoms with Crippen molar-refractivity contribution in [1.82, 2.24) is 14.8 Å². The molecule has 0 bridgehead atoms. The van der Waals surface area contributed by atoms with Gasteiger partial charge in [0.05, 0.1) is 11.1 Å². The number of benzene rings is 1. The average Bonchev–Trinajstić information content (AvgIpc) is 2.69. The number of carboxylic acid groups (broad SMARTS) is 2. The lowest BCUT2D eigenvalue weighted by atomic mass is 9.91. The van der Waals surface area contributed by atoms with Gasteiger partial charge < -0.3 is 14.8 Å². The van der Waals surface area contributed by atoms with Gasteiger partial charge in [-0.1, -0.05) is 6.07 Å². The van der Waals surface area contributed by atoms with Crippen LogP contribution in [0.15, 0.2) is 24.4 Å². The fourth-order valence-corrected chi connectivity index (χ4v) is 4.26. The zero-order chi connectivity index (χ0) is 22.7. The van der Waals surface area contributed by atoms with Crippen molar-refractivity contribution < 1.29 is 33.0 Å². The van der Waals surface area contributed by atoms with Crippen LogP contribution in [-0.2, 0) is 17.6 Å². The lowest BCUT2D eigenvalue weighted by Gasteiger charge is -2.33. The minimum absolute atomic E-state index is 0.0827. The monoisotopic (exact) mass is 451 g/mol. The van der Waals surface area contributed by atoms with E-state index in [0.717, 1.165) is 0 Å². The van der Waals surface area contributed by atoms with Gasteiger partial charge in [-0.15, -0.1) is 0 Å². The largest absolute Gasteiger partial charge is 0.478 e. The Kier molecular flexibility index (Phi) is 7.11. The van der Waals surface area contributed by atoms with Gasteiger partial charge in [0.1, 0.15) is 5.88 Å². The van der Waals surface area contributed by atoms with Gasteiger partial charge in [-0.25, -0.2) is 18.8 Å². The second-order valence-electron chi connectivity index (χ2n) is 7.32. The standard InChI is InChI=1S/C20H22FN3O6S/c1-12-2-3-14(19(25)26)17(16(12)20(27)28)15-8-13(9-22-18(15)21)10-23-4-6-24(7-5-23)11-31(29)30/h2-3,8-9H,4-7,10-11H2,1H3,(H,25,26)(H,27,28)(H,29,30). The van der Waals surface area contributed by atoms with Crippen molar-refractivity contribution in [2.24, 2.45) is 0 Å². The summed E-state index contributed by atoms with van der Waals surface area (Å²) in [5.41, 5.74) is -0.0540. The van der Waals surface area contributed by atoms with E-state index in [0.29, 0.717) is 43.9 Å². The molecular formula is C20H22FN3O6S. The van der Waals surface area contributed by atoms with E-state index in [1.54, 1.807) is 0 Å². The van der Waals surface area contributed by atoms with Crippen molar-refractivity contribution in [3.05, 3.63) is 52.6 Å². The van der Waals surface area contributed by atoms with Crippen molar-refractivity contribution in [3.8, 4) is 11.1 Å². The van der Waals surface area contributed by atoms with Gasteiger partial charge in [-0.3, -0.25) is 9.80 Å². The number of rotatable bonds is 7. The summed E-state index contributed by atoms with van der Waals surface area (Å²) < 4.78 is 34.6. The van der Waals surface area contributed by atoms with E-state index in [9.17, 15) is 28.4 Å². The first-order valence-corrected chi connectivity index (χ1v) is 10.7. The summed E-state index contributed by atoms with van der Waals surface area (Å²) in [6.45, 7) is 4.35. The lowest BCUT2D eigenvalue weighted by Crippen LogP contribution is -2.46. The summed E-state index contributed by atoms with van der Waals surface area (Å²) in [7, 11) is 0. The highest BCUT2D eigenvalue weighted by Gasteiger charge is 2.25. The highest BCUT2D eigenvalue weighted by Crippen LogP contribution is 2.32. The SMILES string of the molecule is Cc1ccc(C(=O)O)c(-c2cc(CN3CCN(CS(=O)O)CC3)cnc2F)c1C(=O)O. The number of carboxylic acids is 2. The van der Waals surface area contributed by atoms with Gasteiger partial charge in [0.25, 0.3) is 0 Å². The van der Waals surface area contributed by atoms with Crippen LogP contribution in [0.4, 0.5) is 4.39 Å². The molecule has 9 nitrogen and oxygen atoms in total. The molecule has 166 valence electrons. The molecule has 2 heterocycles. The molecule has 0 aliphatic carbocycles. The number of aromatic carboxylic acids is 2. The fraction of sp³-hybridized carbons (Fsp3) is 0.350. The second kappa shape index (κ2) is 9.60. The number of pyridine rings is 1. The van der Waals surface area contributed by atoms with Crippen molar-refractivity contribution in [2.45, 2.75) is 13.5 Å². The molecular weight excluding hydrogens is 429 g/mol. The highest BCUT2D eigenvalue weighted by atomic mass is 32.2. The maximum Gasteiger partial charge on any atom is 0.336 e. The molecule has 1 saturated heterocycles. The van der Waals surface area contributed by atoms with Gasteiger partial charge in [-0.05, 0) is 30.2 Å². The van der Waals surface area contributed by atoms with Crippen molar-refractivity contribution in [2.75, 3.05) is 32.1 Å². The maximum absolute atomic E-state index is 14.7. The molecule has 1 aromatic carbocycles. The molecule has 0 saturated carbocycles. The van der Waals surface area contributed by atoms with Crippen LogP contribution in [0.25, 0.3) is 11.1 Å². The molecule has 11 heteroatoms. The quantitative estimate of drug-likeness (QED) is 0.426. The summed E-state index contributed by atoms with van der Waals surface area (Å²) in [6, 6.07) is 4.07.